The van der Waals surface area contributed by atoms with E-state index in [1.165, 1.54) is 19.2 Å². The first-order valence-electron chi connectivity index (χ1n) is 10.1. The molecule has 2 aromatic carbocycles. The number of carbonyl (C=O) groups excluding carboxylic acids is 1. The van der Waals surface area contributed by atoms with Crippen LogP contribution in [0.2, 0.25) is 0 Å². The second-order valence-electron chi connectivity index (χ2n) is 7.54. The van der Waals surface area contributed by atoms with Gasteiger partial charge in [-0.1, -0.05) is 30.3 Å². The fourth-order valence-electron chi connectivity index (χ4n) is 3.88. The van der Waals surface area contributed by atoms with Crippen LogP contribution >= 0.6 is 0 Å². The molecule has 30 heavy (non-hydrogen) atoms. The highest BCUT2D eigenvalue weighted by molar-refractivity contribution is 5.80. The Labute approximate surface area is 174 Å². The van der Waals surface area contributed by atoms with Crippen molar-refractivity contribution in [3.05, 3.63) is 65.7 Å². The number of alkyl halides is 3. The van der Waals surface area contributed by atoms with Gasteiger partial charge in [0.15, 0.2) is 0 Å². The van der Waals surface area contributed by atoms with Crippen LogP contribution in [0.25, 0.3) is 0 Å². The summed E-state index contributed by atoms with van der Waals surface area (Å²) in [6.07, 6.45) is -1.18. The fraction of sp³-hybridized carbons (Fsp3) is 0.435. The molecule has 0 aliphatic carbocycles. The smallest absolute Gasteiger partial charge is 0.416 e. The van der Waals surface area contributed by atoms with Crippen molar-refractivity contribution in [2.45, 2.75) is 49.9 Å². The first kappa shape index (κ1) is 22.2. The molecule has 1 N–H and O–H groups in total. The van der Waals surface area contributed by atoms with Gasteiger partial charge in [-0.25, -0.2) is 0 Å². The van der Waals surface area contributed by atoms with Crippen molar-refractivity contribution in [2.75, 3.05) is 13.7 Å². The standard InChI is InChI=1S/C23H26F3NO3/c1-29-21(28)22(14-5-6-16-27-22)15-13-20(17-7-3-2-4-8-17)30-19-11-9-18(10-12-19)23(24,25)26/h2-4,7-12,20,27H,5-6,13-16H2,1H3. The number of carbonyl (C=O) groups is 1. The molecule has 2 atom stereocenters. The largest absolute Gasteiger partial charge is 0.486 e. The highest BCUT2D eigenvalue weighted by Crippen LogP contribution is 2.34. The number of methoxy groups -OCH3 is 1. The van der Waals surface area contributed by atoms with Crippen LogP contribution in [0.15, 0.2) is 54.6 Å². The van der Waals surface area contributed by atoms with Gasteiger partial charge < -0.3 is 14.8 Å². The van der Waals surface area contributed by atoms with Crippen molar-refractivity contribution in [3.63, 3.8) is 0 Å². The summed E-state index contributed by atoms with van der Waals surface area (Å²) in [7, 11) is 1.38. The van der Waals surface area contributed by atoms with Crippen molar-refractivity contribution in [1.82, 2.24) is 5.32 Å². The molecule has 3 rings (SSSR count). The van der Waals surface area contributed by atoms with Crippen LogP contribution in [0, 0.1) is 0 Å². The number of halogens is 3. The zero-order valence-electron chi connectivity index (χ0n) is 16.9. The highest BCUT2D eigenvalue weighted by Gasteiger charge is 2.41. The number of hydrogen-bond donors (Lipinski definition) is 1. The Morgan fingerprint density at radius 3 is 2.37 bits per heavy atom. The summed E-state index contributed by atoms with van der Waals surface area (Å²) in [5, 5.41) is 3.32. The van der Waals surface area contributed by atoms with Gasteiger partial charge >= 0.3 is 12.1 Å². The van der Waals surface area contributed by atoms with Gasteiger partial charge in [0.05, 0.1) is 12.7 Å². The molecule has 0 spiro atoms. The lowest BCUT2D eigenvalue weighted by Gasteiger charge is -2.36. The number of piperidine rings is 1. The summed E-state index contributed by atoms with van der Waals surface area (Å²) in [5.41, 5.74) is -0.584. The normalized spacial score (nSPS) is 20.4. The third-order valence-corrected chi connectivity index (χ3v) is 5.53. The van der Waals surface area contributed by atoms with Crippen LogP contribution in [0.1, 0.15) is 49.3 Å². The number of ether oxygens (including phenoxy) is 2. The molecule has 162 valence electrons. The van der Waals surface area contributed by atoms with Gasteiger partial charge in [0.1, 0.15) is 17.4 Å². The van der Waals surface area contributed by atoms with Crippen LogP contribution < -0.4 is 10.1 Å². The Morgan fingerprint density at radius 2 is 1.80 bits per heavy atom. The Kier molecular flexibility index (Phi) is 7.02. The average molecular weight is 421 g/mol. The molecule has 0 radical (unpaired) electrons. The second-order valence-corrected chi connectivity index (χ2v) is 7.54. The first-order valence-corrected chi connectivity index (χ1v) is 10.1. The zero-order valence-corrected chi connectivity index (χ0v) is 16.9. The topological polar surface area (TPSA) is 47.6 Å². The molecule has 1 fully saturated rings. The van der Waals surface area contributed by atoms with Crippen LogP contribution in [-0.2, 0) is 15.7 Å². The molecule has 1 aliphatic rings. The third kappa shape index (κ3) is 5.33. The van der Waals surface area contributed by atoms with Gasteiger partial charge in [-0.15, -0.1) is 0 Å². The molecule has 1 saturated heterocycles. The van der Waals surface area contributed by atoms with Crippen molar-refractivity contribution in [2.24, 2.45) is 0 Å². The fourth-order valence-corrected chi connectivity index (χ4v) is 3.88. The molecule has 1 heterocycles. The van der Waals surface area contributed by atoms with Gasteiger partial charge in [0, 0.05) is 0 Å². The highest BCUT2D eigenvalue weighted by atomic mass is 19.4. The van der Waals surface area contributed by atoms with E-state index < -0.39 is 23.4 Å². The molecular formula is C23H26F3NO3. The van der Waals surface area contributed by atoms with Crippen LogP contribution in [-0.4, -0.2) is 25.2 Å². The number of nitrogens with one attached hydrogen (secondary N) is 1. The predicted molar refractivity (Wildman–Crippen MR) is 107 cm³/mol. The van der Waals surface area contributed by atoms with Gasteiger partial charge in [-0.05, 0) is 68.5 Å². The van der Waals surface area contributed by atoms with Crippen LogP contribution in [0.4, 0.5) is 13.2 Å². The zero-order chi connectivity index (χ0) is 21.6. The van der Waals surface area contributed by atoms with Gasteiger partial charge in [-0.3, -0.25) is 4.79 Å². The van der Waals surface area contributed by atoms with Crippen molar-refractivity contribution in [1.29, 1.82) is 0 Å². The van der Waals surface area contributed by atoms with Crippen LogP contribution in [0.3, 0.4) is 0 Å². The summed E-state index contributed by atoms with van der Waals surface area (Å²) in [5.74, 6) is 0.0594. The van der Waals surface area contributed by atoms with E-state index in [-0.39, 0.29) is 5.97 Å². The molecule has 0 saturated carbocycles. The Morgan fingerprint density at radius 1 is 1.10 bits per heavy atom. The van der Waals surface area contributed by atoms with E-state index in [4.69, 9.17) is 9.47 Å². The molecule has 0 bridgehead atoms. The third-order valence-electron chi connectivity index (χ3n) is 5.53. The average Bonchev–Trinajstić information content (AvgIpc) is 2.77. The van der Waals surface area contributed by atoms with E-state index in [2.05, 4.69) is 5.32 Å². The monoisotopic (exact) mass is 421 g/mol. The minimum absolute atomic E-state index is 0.288. The van der Waals surface area contributed by atoms with Gasteiger partial charge in [0.2, 0.25) is 0 Å². The van der Waals surface area contributed by atoms with Crippen LogP contribution in [0.5, 0.6) is 5.75 Å². The molecule has 0 aromatic heterocycles. The van der Waals surface area contributed by atoms with E-state index in [9.17, 15) is 18.0 Å². The summed E-state index contributed by atoms with van der Waals surface area (Å²) >= 11 is 0. The Hall–Kier alpha value is -2.54. The SMILES string of the molecule is COC(=O)C1(CCC(Oc2ccc(C(F)(F)F)cc2)c2ccccc2)CCCCN1. The molecule has 0 amide bonds. The maximum atomic E-state index is 12.8. The lowest BCUT2D eigenvalue weighted by atomic mass is 9.83. The van der Waals surface area contributed by atoms with Gasteiger partial charge in [0.25, 0.3) is 0 Å². The number of benzene rings is 2. The number of hydrogen-bond acceptors (Lipinski definition) is 4. The molecule has 2 aromatic rings. The van der Waals surface area contributed by atoms with E-state index in [1.807, 2.05) is 30.3 Å². The van der Waals surface area contributed by atoms with E-state index >= 15 is 0 Å². The molecule has 7 heteroatoms. The Bertz CT molecular complexity index is 816. The second kappa shape index (κ2) is 9.51. The summed E-state index contributed by atoms with van der Waals surface area (Å²) in [6, 6.07) is 14.1. The first-order chi connectivity index (χ1) is 14.3. The van der Waals surface area contributed by atoms with E-state index in [0.717, 1.165) is 37.1 Å². The molecule has 4 nitrogen and oxygen atoms in total. The van der Waals surface area contributed by atoms with Crippen molar-refractivity contribution < 1.29 is 27.4 Å². The minimum Gasteiger partial charge on any atom is -0.486 e. The number of rotatable bonds is 7. The molecule has 2 unspecified atom stereocenters. The maximum absolute atomic E-state index is 12.8. The van der Waals surface area contributed by atoms with Crippen molar-refractivity contribution >= 4 is 5.97 Å². The molecular weight excluding hydrogens is 395 g/mol. The van der Waals surface area contributed by atoms with E-state index in [0.29, 0.717) is 25.0 Å². The minimum atomic E-state index is -4.39. The van der Waals surface area contributed by atoms with Crippen molar-refractivity contribution in [3.8, 4) is 5.75 Å². The quantitative estimate of drug-likeness (QED) is 0.617. The lowest BCUT2D eigenvalue weighted by molar-refractivity contribution is -0.150. The summed E-state index contributed by atoms with van der Waals surface area (Å²) in [4.78, 5) is 12.5. The maximum Gasteiger partial charge on any atom is 0.416 e. The number of esters is 1. The van der Waals surface area contributed by atoms with E-state index in [1.54, 1.807) is 0 Å². The van der Waals surface area contributed by atoms with Gasteiger partial charge in [-0.2, -0.15) is 13.2 Å². The summed E-state index contributed by atoms with van der Waals surface area (Å²) < 4.78 is 49.6. The Balaban J connectivity index is 1.78. The lowest BCUT2D eigenvalue weighted by Crippen LogP contribution is -2.55. The summed E-state index contributed by atoms with van der Waals surface area (Å²) in [6.45, 7) is 0.741. The predicted octanol–water partition coefficient (Wildman–Crippen LogP) is 5.29. The molecule has 1 aliphatic heterocycles.